The molecule has 0 aromatic heterocycles. The Labute approximate surface area is 134 Å². The maximum absolute atomic E-state index is 12.2. The van der Waals surface area contributed by atoms with E-state index in [2.05, 4.69) is 19.1 Å². The van der Waals surface area contributed by atoms with Crippen LogP contribution in [0.5, 0.6) is 0 Å². The lowest BCUT2D eigenvalue weighted by molar-refractivity contribution is -0.161. The molecule has 0 aromatic rings. The van der Waals surface area contributed by atoms with E-state index in [1.807, 2.05) is 13.8 Å². The van der Waals surface area contributed by atoms with Crippen molar-refractivity contribution in [1.82, 2.24) is 0 Å². The fourth-order valence-corrected chi connectivity index (χ4v) is 3.64. The van der Waals surface area contributed by atoms with Gasteiger partial charge in [0.25, 0.3) is 0 Å². The first kappa shape index (κ1) is 17.6. The van der Waals surface area contributed by atoms with Crippen molar-refractivity contribution in [3.63, 3.8) is 0 Å². The minimum atomic E-state index is -0.456. The van der Waals surface area contributed by atoms with Crippen molar-refractivity contribution < 1.29 is 19.0 Å². The average Bonchev–Trinajstić information content (AvgIpc) is 3.25. The summed E-state index contributed by atoms with van der Waals surface area (Å²) < 4.78 is 17.4. The van der Waals surface area contributed by atoms with Crippen LogP contribution in [0.1, 0.15) is 52.9 Å². The smallest absolute Gasteiger partial charge is 0.162 e. The van der Waals surface area contributed by atoms with Crippen LogP contribution in [-0.2, 0) is 19.0 Å². The first-order valence-electron chi connectivity index (χ1n) is 8.45. The second-order valence-corrected chi connectivity index (χ2v) is 6.98. The molecule has 22 heavy (non-hydrogen) atoms. The molecule has 1 saturated carbocycles. The summed E-state index contributed by atoms with van der Waals surface area (Å²) in [6, 6.07) is 0. The van der Waals surface area contributed by atoms with E-state index in [1.54, 1.807) is 7.11 Å². The van der Waals surface area contributed by atoms with E-state index >= 15 is 0 Å². The van der Waals surface area contributed by atoms with Gasteiger partial charge in [-0.2, -0.15) is 0 Å². The number of hydrogen-bond acceptors (Lipinski definition) is 4. The second-order valence-electron chi connectivity index (χ2n) is 6.98. The molecule has 0 unspecified atom stereocenters. The summed E-state index contributed by atoms with van der Waals surface area (Å²) in [6.45, 7) is 7.56. The highest BCUT2D eigenvalue weighted by molar-refractivity contribution is 5.85. The lowest BCUT2D eigenvalue weighted by Gasteiger charge is -2.44. The summed E-state index contributed by atoms with van der Waals surface area (Å²) in [5.41, 5.74) is -0.674. The molecule has 3 atom stereocenters. The molecule has 2 aliphatic rings. The van der Waals surface area contributed by atoms with Crippen molar-refractivity contribution in [3.05, 3.63) is 12.2 Å². The average molecular weight is 310 g/mol. The van der Waals surface area contributed by atoms with Crippen LogP contribution < -0.4 is 0 Å². The summed E-state index contributed by atoms with van der Waals surface area (Å²) >= 11 is 0. The molecule has 1 saturated heterocycles. The number of Topliss-reactive ketones (excluding diaryl/α,β-unsaturated/α-hetero) is 1. The molecular formula is C18H30O4. The van der Waals surface area contributed by atoms with Gasteiger partial charge in [-0.05, 0) is 26.7 Å². The first-order valence-corrected chi connectivity index (χ1v) is 8.45. The summed E-state index contributed by atoms with van der Waals surface area (Å²) in [5.74, 6) is 0.124. The normalized spacial score (nSPS) is 32.1. The lowest BCUT2D eigenvalue weighted by Crippen LogP contribution is -2.56. The van der Waals surface area contributed by atoms with Gasteiger partial charge in [-0.25, -0.2) is 0 Å². The third kappa shape index (κ3) is 3.79. The monoisotopic (exact) mass is 310 g/mol. The summed E-state index contributed by atoms with van der Waals surface area (Å²) in [4.78, 5) is 12.2. The highest BCUT2D eigenvalue weighted by Crippen LogP contribution is 2.51. The Balaban J connectivity index is 1.99. The fraction of sp³-hybridized carbons (Fsp3) is 0.833. The zero-order valence-corrected chi connectivity index (χ0v) is 14.4. The van der Waals surface area contributed by atoms with Crippen LogP contribution >= 0.6 is 0 Å². The summed E-state index contributed by atoms with van der Waals surface area (Å²) in [7, 11) is 1.61. The van der Waals surface area contributed by atoms with Gasteiger partial charge in [0, 0.05) is 13.5 Å². The van der Waals surface area contributed by atoms with Gasteiger partial charge in [0.2, 0.25) is 0 Å². The predicted octanol–water partition coefficient (Wildman–Crippen LogP) is 3.29. The predicted molar refractivity (Wildman–Crippen MR) is 85.9 cm³/mol. The van der Waals surface area contributed by atoms with Crippen LogP contribution in [0.2, 0.25) is 0 Å². The number of rotatable bonds is 8. The Kier molecular flexibility index (Phi) is 5.81. The molecule has 126 valence electrons. The van der Waals surface area contributed by atoms with Crippen molar-refractivity contribution in [2.24, 2.45) is 5.92 Å². The number of carbonyl (C=O) groups is 1. The molecule has 2 rings (SSSR count). The number of hydrogen-bond donors (Lipinski definition) is 0. The van der Waals surface area contributed by atoms with Crippen molar-refractivity contribution in [3.8, 4) is 0 Å². The molecule has 0 radical (unpaired) electrons. The Morgan fingerprint density at radius 3 is 2.73 bits per heavy atom. The lowest BCUT2D eigenvalue weighted by atomic mass is 9.69. The molecule has 1 heterocycles. The van der Waals surface area contributed by atoms with E-state index in [0.717, 1.165) is 12.8 Å². The van der Waals surface area contributed by atoms with Gasteiger partial charge in [0.15, 0.2) is 5.78 Å². The van der Waals surface area contributed by atoms with Crippen LogP contribution in [0.3, 0.4) is 0 Å². The second kappa shape index (κ2) is 7.24. The molecule has 1 aliphatic heterocycles. The zero-order valence-electron chi connectivity index (χ0n) is 14.4. The van der Waals surface area contributed by atoms with E-state index in [4.69, 9.17) is 14.2 Å². The zero-order chi connectivity index (χ0) is 16.2. The van der Waals surface area contributed by atoms with E-state index < -0.39 is 11.7 Å². The van der Waals surface area contributed by atoms with Gasteiger partial charge in [-0.15, -0.1) is 0 Å². The maximum Gasteiger partial charge on any atom is 0.162 e. The standard InChI is InChI=1S/C18H30O4/c1-5-6-7-8-9-12-21-17(2,3)16-15(20-4)14(19)10-11-18(16)13-22-18/h8-9,15-16H,5-7,10-13H2,1-4H3/b9-8+/t15-,16-,18+/m1/s1. The number of epoxide rings is 1. The van der Waals surface area contributed by atoms with Gasteiger partial charge in [0.1, 0.15) is 11.7 Å². The Hall–Kier alpha value is -0.710. The molecule has 0 bridgehead atoms. The topological polar surface area (TPSA) is 48.1 Å². The van der Waals surface area contributed by atoms with E-state index in [9.17, 15) is 4.79 Å². The molecule has 1 spiro atoms. The highest BCUT2D eigenvalue weighted by atomic mass is 16.6. The van der Waals surface area contributed by atoms with Gasteiger partial charge in [0.05, 0.1) is 24.7 Å². The first-order chi connectivity index (χ1) is 10.5. The SMILES string of the molecule is CCCC/C=C/COC(C)(C)[C@H]1[C@H](OC)C(=O)CC[C@]12CO2. The number of ether oxygens (including phenoxy) is 3. The largest absolute Gasteiger partial charge is 0.373 e. The van der Waals surface area contributed by atoms with Crippen LogP contribution in [0.4, 0.5) is 0 Å². The van der Waals surface area contributed by atoms with Crippen LogP contribution in [0.15, 0.2) is 12.2 Å². The molecule has 4 nitrogen and oxygen atoms in total. The van der Waals surface area contributed by atoms with Crippen molar-refractivity contribution >= 4 is 5.78 Å². The number of methoxy groups -OCH3 is 1. The minimum absolute atomic E-state index is 0.0460. The molecule has 0 amide bonds. The van der Waals surface area contributed by atoms with Gasteiger partial charge in [-0.1, -0.05) is 31.9 Å². The molecule has 4 heteroatoms. The number of allylic oxidation sites excluding steroid dienone is 1. The fourth-order valence-electron chi connectivity index (χ4n) is 3.64. The molecule has 0 N–H and O–H groups in total. The third-order valence-electron chi connectivity index (χ3n) is 4.94. The number of unbranched alkanes of at least 4 members (excludes halogenated alkanes) is 2. The number of carbonyl (C=O) groups excluding carboxylic acids is 1. The van der Waals surface area contributed by atoms with Crippen molar-refractivity contribution in [2.75, 3.05) is 20.3 Å². The third-order valence-corrected chi connectivity index (χ3v) is 4.94. The van der Waals surface area contributed by atoms with Crippen LogP contribution in [0.25, 0.3) is 0 Å². The van der Waals surface area contributed by atoms with E-state index in [-0.39, 0.29) is 17.3 Å². The maximum atomic E-state index is 12.2. The van der Waals surface area contributed by atoms with Crippen LogP contribution in [-0.4, -0.2) is 43.4 Å². The summed E-state index contributed by atoms with van der Waals surface area (Å²) in [5, 5.41) is 0. The van der Waals surface area contributed by atoms with Crippen molar-refractivity contribution in [2.45, 2.75) is 70.2 Å². The Bertz CT molecular complexity index is 409. The number of ketones is 1. The van der Waals surface area contributed by atoms with Gasteiger partial charge < -0.3 is 14.2 Å². The minimum Gasteiger partial charge on any atom is -0.373 e. The quantitative estimate of drug-likeness (QED) is 0.392. The summed E-state index contributed by atoms with van der Waals surface area (Å²) in [6.07, 6.45) is 8.66. The van der Waals surface area contributed by atoms with E-state index in [1.165, 1.54) is 12.8 Å². The van der Waals surface area contributed by atoms with Gasteiger partial charge >= 0.3 is 0 Å². The molecule has 2 fully saturated rings. The molecular weight excluding hydrogens is 280 g/mol. The Morgan fingerprint density at radius 2 is 2.14 bits per heavy atom. The van der Waals surface area contributed by atoms with Gasteiger partial charge in [-0.3, -0.25) is 4.79 Å². The van der Waals surface area contributed by atoms with Crippen molar-refractivity contribution in [1.29, 1.82) is 0 Å². The molecule has 0 aromatic carbocycles. The van der Waals surface area contributed by atoms with E-state index in [0.29, 0.717) is 19.6 Å². The van der Waals surface area contributed by atoms with Crippen LogP contribution in [0, 0.1) is 5.92 Å². The Morgan fingerprint density at radius 1 is 1.41 bits per heavy atom. The highest BCUT2D eigenvalue weighted by Gasteiger charge is 2.63. The molecule has 1 aliphatic carbocycles.